The van der Waals surface area contributed by atoms with Crippen molar-refractivity contribution >= 4 is 29.1 Å². The summed E-state index contributed by atoms with van der Waals surface area (Å²) < 4.78 is 0. The molecule has 0 aliphatic carbocycles. The minimum Gasteiger partial charge on any atom is -0.345 e. The Morgan fingerprint density at radius 1 is 0.958 bits per heavy atom. The van der Waals surface area contributed by atoms with Crippen LogP contribution in [-0.4, -0.2) is 23.8 Å². The highest BCUT2D eigenvalue weighted by Gasteiger charge is 2.17. The van der Waals surface area contributed by atoms with Crippen LogP contribution in [0.4, 0.5) is 11.4 Å². The molecule has 0 aliphatic rings. The van der Waals surface area contributed by atoms with Gasteiger partial charge in [-0.05, 0) is 50.3 Å². The number of nitrogens with one attached hydrogen (secondary N) is 3. The molecule has 0 bridgehead atoms. The topological polar surface area (TPSA) is 87.3 Å². The van der Waals surface area contributed by atoms with E-state index >= 15 is 0 Å². The molecule has 1 aromatic carbocycles. The highest BCUT2D eigenvalue weighted by molar-refractivity contribution is 6.39. The van der Waals surface area contributed by atoms with E-state index in [1.165, 1.54) is 6.92 Å². The van der Waals surface area contributed by atoms with Gasteiger partial charge in [-0.1, -0.05) is 19.9 Å². The SMILES string of the molecule is CC(=O)Nc1cccc(NC(=O)C(=O)NC(C)CCC(C)C)c1C. The Bertz CT molecular complexity index is 612. The van der Waals surface area contributed by atoms with Crippen LogP contribution in [0.3, 0.4) is 0 Å². The van der Waals surface area contributed by atoms with E-state index in [4.69, 9.17) is 0 Å². The monoisotopic (exact) mass is 333 g/mol. The first-order chi connectivity index (χ1) is 11.2. The minimum absolute atomic E-state index is 0.0579. The second-order valence-corrected chi connectivity index (χ2v) is 6.46. The van der Waals surface area contributed by atoms with E-state index < -0.39 is 11.8 Å². The molecule has 0 spiro atoms. The lowest BCUT2D eigenvalue weighted by molar-refractivity contribution is -0.136. The molecule has 3 amide bonds. The molecule has 0 heterocycles. The number of amides is 3. The zero-order valence-corrected chi connectivity index (χ0v) is 15.0. The smallest absolute Gasteiger partial charge is 0.313 e. The number of carbonyl (C=O) groups excluding carboxylic acids is 3. The molecule has 1 atom stereocenters. The Balaban J connectivity index is 2.67. The Hall–Kier alpha value is -2.37. The van der Waals surface area contributed by atoms with Gasteiger partial charge in [-0.15, -0.1) is 0 Å². The maximum atomic E-state index is 12.1. The summed E-state index contributed by atoms with van der Waals surface area (Å²) in [7, 11) is 0. The van der Waals surface area contributed by atoms with E-state index in [2.05, 4.69) is 29.8 Å². The van der Waals surface area contributed by atoms with Crippen LogP contribution >= 0.6 is 0 Å². The minimum atomic E-state index is -0.713. The molecule has 1 aromatic rings. The Kier molecular flexibility index (Phi) is 7.42. The highest BCUT2D eigenvalue weighted by atomic mass is 16.2. The van der Waals surface area contributed by atoms with E-state index in [1.54, 1.807) is 25.1 Å². The first kappa shape index (κ1) is 19.7. The predicted molar refractivity (Wildman–Crippen MR) is 95.8 cm³/mol. The van der Waals surface area contributed by atoms with Crippen LogP contribution in [0.15, 0.2) is 18.2 Å². The van der Waals surface area contributed by atoms with Gasteiger partial charge in [0.15, 0.2) is 0 Å². The molecule has 0 saturated carbocycles. The second-order valence-electron chi connectivity index (χ2n) is 6.46. The van der Waals surface area contributed by atoms with Gasteiger partial charge in [0.05, 0.1) is 0 Å². The highest BCUT2D eigenvalue weighted by Crippen LogP contribution is 2.23. The van der Waals surface area contributed by atoms with Crippen molar-refractivity contribution in [2.45, 2.75) is 53.5 Å². The van der Waals surface area contributed by atoms with Crippen LogP contribution in [0.5, 0.6) is 0 Å². The van der Waals surface area contributed by atoms with E-state index in [-0.39, 0.29) is 11.9 Å². The third kappa shape index (κ3) is 6.40. The molecular formula is C18H27N3O3. The first-order valence-corrected chi connectivity index (χ1v) is 8.19. The van der Waals surface area contributed by atoms with Gasteiger partial charge in [0.2, 0.25) is 5.91 Å². The lowest BCUT2D eigenvalue weighted by atomic mass is 10.0. The van der Waals surface area contributed by atoms with Gasteiger partial charge in [-0.3, -0.25) is 14.4 Å². The molecule has 6 nitrogen and oxygen atoms in total. The lowest BCUT2D eigenvalue weighted by Crippen LogP contribution is -2.40. The van der Waals surface area contributed by atoms with Crippen LogP contribution < -0.4 is 16.0 Å². The summed E-state index contributed by atoms with van der Waals surface area (Å²) in [5, 5.41) is 7.98. The quantitative estimate of drug-likeness (QED) is 0.700. The summed E-state index contributed by atoms with van der Waals surface area (Å²) in [5.41, 5.74) is 1.80. The van der Waals surface area contributed by atoms with Crippen LogP contribution in [0, 0.1) is 12.8 Å². The number of carbonyl (C=O) groups is 3. The second kappa shape index (κ2) is 9.05. The predicted octanol–water partition coefficient (Wildman–Crippen LogP) is 2.83. The van der Waals surface area contributed by atoms with Crippen molar-refractivity contribution in [3.63, 3.8) is 0 Å². The summed E-state index contributed by atoms with van der Waals surface area (Å²) in [5.74, 6) is -1.01. The van der Waals surface area contributed by atoms with Crippen LogP contribution in [0.1, 0.15) is 46.1 Å². The molecule has 132 valence electrons. The Morgan fingerprint density at radius 3 is 2.08 bits per heavy atom. The number of hydrogen-bond donors (Lipinski definition) is 3. The van der Waals surface area contributed by atoms with Crippen molar-refractivity contribution in [3.05, 3.63) is 23.8 Å². The summed E-state index contributed by atoms with van der Waals surface area (Å²) in [6.07, 6.45) is 1.81. The zero-order chi connectivity index (χ0) is 18.3. The summed E-state index contributed by atoms with van der Waals surface area (Å²) >= 11 is 0. The van der Waals surface area contributed by atoms with Gasteiger partial charge in [0.1, 0.15) is 0 Å². The average Bonchev–Trinajstić information content (AvgIpc) is 2.48. The van der Waals surface area contributed by atoms with Gasteiger partial charge >= 0.3 is 11.8 Å². The maximum Gasteiger partial charge on any atom is 0.313 e. The molecule has 0 aliphatic heterocycles. The number of anilines is 2. The van der Waals surface area contributed by atoms with Crippen molar-refractivity contribution in [2.24, 2.45) is 5.92 Å². The first-order valence-electron chi connectivity index (χ1n) is 8.19. The lowest BCUT2D eigenvalue weighted by Gasteiger charge is -2.16. The molecule has 0 fully saturated rings. The van der Waals surface area contributed by atoms with Crippen LogP contribution in [-0.2, 0) is 14.4 Å². The molecule has 0 radical (unpaired) electrons. The van der Waals surface area contributed by atoms with Gasteiger partial charge in [-0.25, -0.2) is 0 Å². The van der Waals surface area contributed by atoms with Crippen LogP contribution in [0.25, 0.3) is 0 Å². The van der Waals surface area contributed by atoms with Crippen molar-refractivity contribution in [1.82, 2.24) is 5.32 Å². The molecule has 0 saturated heterocycles. The van der Waals surface area contributed by atoms with Crippen molar-refractivity contribution in [1.29, 1.82) is 0 Å². The van der Waals surface area contributed by atoms with Gasteiger partial charge in [0.25, 0.3) is 0 Å². The molecule has 24 heavy (non-hydrogen) atoms. The van der Waals surface area contributed by atoms with E-state index in [1.807, 2.05) is 6.92 Å². The molecule has 6 heteroatoms. The van der Waals surface area contributed by atoms with Crippen LogP contribution in [0.2, 0.25) is 0 Å². The number of benzene rings is 1. The third-order valence-electron chi connectivity index (χ3n) is 3.65. The third-order valence-corrected chi connectivity index (χ3v) is 3.65. The molecule has 1 rings (SSSR count). The van der Waals surface area contributed by atoms with Crippen molar-refractivity contribution in [3.8, 4) is 0 Å². The largest absolute Gasteiger partial charge is 0.345 e. The molecule has 0 aromatic heterocycles. The van der Waals surface area contributed by atoms with Crippen molar-refractivity contribution < 1.29 is 14.4 Å². The summed E-state index contributed by atoms with van der Waals surface area (Å²) in [4.78, 5) is 35.2. The normalized spacial score (nSPS) is 11.8. The van der Waals surface area contributed by atoms with Gasteiger partial charge in [-0.2, -0.15) is 0 Å². The average molecular weight is 333 g/mol. The Morgan fingerprint density at radius 2 is 1.54 bits per heavy atom. The molecule has 1 unspecified atom stereocenters. The van der Waals surface area contributed by atoms with E-state index in [9.17, 15) is 14.4 Å². The Labute approximate surface area is 143 Å². The fourth-order valence-corrected chi connectivity index (χ4v) is 2.22. The van der Waals surface area contributed by atoms with Crippen molar-refractivity contribution in [2.75, 3.05) is 10.6 Å². The van der Waals surface area contributed by atoms with E-state index in [0.717, 1.165) is 12.8 Å². The summed E-state index contributed by atoms with van der Waals surface area (Å²) in [6.45, 7) is 9.30. The maximum absolute atomic E-state index is 12.1. The zero-order valence-electron chi connectivity index (χ0n) is 15.0. The standard InChI is InChI=1S/C18H27N3O3/c1-11(2)9-10-12(3)19-17(23)18(24)21-16-8-6-7-15(13(16)4)20-14(5)22/h6-8,11-12H,9-10H2,1-5H3,(H,19,23)(H,20,22)(H,21,24). The molecule has 3 N–H and O–H groups in total. The van der Waals surface area contributed by atoms with Gasteiger partial charge < -0.3 is 16.0 Å². The fourth-order valence-electron chi connectivity index (χ4n) is 2.22. The van der Waals surface area contributed by atoms with E-state index in [0.29, 0.717) is 22.9 Å². The fraction of sp³-hybridized carbons (Fsp3) is 0.500. The van der Waals surface area contributed by atoms with Gasteiger partial charge in [0, 0.05) is 24.3 Å². The summed E-state index contributed by atoms with van der Waals surface area (Å²) in [6, 6.07) is 5.07. The molecular weight excluding hydrogens is 306 g/mol. The number of hydrogen-bond acceptors (Lipinski definition) is 3. The number of rotatable bonds is 6.